The molecule has 0 heterocycles. The van der Waals surface area contributed by atoms with Gasteiger partial charge < -0.3 is 14.9 Å². The van der Waals surface area contributed by atoms with Crippen molar-refractivity contribution in [3.63, 3.8) is 0 Å². The van der Waals surface area contributed by atoms with E-state index in [1.54, 1.807) is 6.92 Å². The first-order valence-electron chi connectivity index (χ1n) is 7.77. The Labute approximate surface area is 150 Å². The van der Waals surface area contributed by atoms with Crippen molar-refractivity contribution in [2.45, 2.75) is 26.7 Å². The molecular formula is C16H31N2O6S+. The second-order valence-corrected chi connectivity index (χ2v) is 8.07. The maximum absolute atomic E-state index is 11.2. The number of carboxylic acid groups (broad SMARTS) is 1. The normalized spacial score (nSPS) is 11.1. The Morgan fingerprint density at radius 3 is 1.84 bits per heavy atom. The van der Waals surface area contributed by atoms with Crippen molar-refractivity contribution < 1.29 is 32.1 Å². The zero-order chi connectivity index (χ0) is 20.3. The quantitative estimate of drug-likeness (QED) is 0.226. The van der Waals surface area contributed by atoms with Gasteiger partial charge in [0, 0.05) is 30.5 Å². The highest BCUT2D eigenvalue weighted by atomic mass is 32.2. The van der Waals surface area contributed by atoms with Gasteiger partial charge in [0.05, 0.1) is 32.9 Å². The lowest BCUT2D eigenvalue weighted by Gasteiger charge is -2.29. The summed E-state index contributed by atoms with van der Waals surface area (Å²) in [5.41, 5.74) is 0.664. The van der Waals surface area contributed by atoms with E-state index in [2.05, 4.69) is 18.5 Å². The SMILES string of the molecule is C=C(C)C(=O)NCCC[N+](C)(C)CCCS(=O)(=O)O.C=C(C)C(=O)O. The standard InChI is InChI=1S/C12H24N2O4S.C4H6O2/c1-11(2)12(15)13-7-5-8-14(3,4)9-6-10-19(16,17)18;1-3(2)4(5)6/h1,5-10H2,2-4H3,(H-,13,15,16,17,18);1H2,2H3,(H,5,6)/p+1. The average molecular weight is 379 g/mol. The van der Waals surface area contributed by atoms with Crippen LogP contribution in [-0.2, 0) is 19.7 Å². The molecule has 0 saturated carbocycles. The number of quaternary nitrogens is 1. The second-order valence-electron chi connectivity index (χ2n) is 6.50. The minimum atomic E-state index is -3.87. The molecule has 0 aromatic heterocycles. The van der Waals surface area contributed by atoms with Gasteiger partial charge in [-0.15, -0.1) is 0 Å². The summed E-state index contributed by atoms with van der Waals surface area (Å²) < 4.78 is 30.5. The van der Waals surface area contributed by atoms with Crippen LogP contribution in [0.1, 0.15) is 26.7 Å². The minimum Gasteiger partial charge on any atom is -0.478 e. The number of nitrogens with zero attached hydrogens (tertiary/aromatic N) is 1. The summed E-state index contributed by atoms with van der Waals surface area (Å²) in [5, 5.41) is 10.6. The molecule has 0 fully saturated rings. The van der Waals surface area contributed by atoms with E-state index >= 15 is 0 Å². The van der Waals surface area contributed by atoms with Gasteiger partial charge in [0.15, 0.2) is 0 Å². The number of aliphatic carboxylic acids is 1. The van der Waals surface area contributed by atoms with Gasteiger partial charge in [-0.1, -0.05) is 13.2 Å². The average Bonchev–Trinajstić information content (AvgIpc) is 2.42. The summed E-state index contributed by atoms with van der Waals surface area (Å²) in [7, 11) is 0.112. The number of rotatable bonds is 10. The van der Waals surface area contributed by atoms with Gasteiger partial charge in [-0.05, 0) is 13.8 Å². The minimum absolute atomic E-state index is 0.142. The van der Waals surface area contributed by atoms with Gasteiger partial charge in [0.1, 0.15) is 0 Å². The van der Waals surface area contributed by atoms with E-state index in [0.29, 0.717) is 29.6 Å². The van der Waals surface area contributed by atoms with Gasteiger partial charge in [-0.2, -0.15) is 8.42 Å². The molecule has 0 aliphatic rings. The molecule has 0 aliphatic carbocycles. The predicted molar refractivity (Wildman–Crippen MR) is 97.8 cm³/mol. The summed E-state index contributed by atoms with van der Waals surface area (Å²) in [6.45, 7) is 11.9. The lowest BCUT2D eigenvalue weighted by Crippen LogP contribution is -2.43. The van der Waals surface area contributed by atoms with Crippen LogP contribution in [-0.4, -0.2) is 73.9 Å². The van der Waals surface area contributed by atoms with Gasteiger partial charge in [0.25, 0.3) is 10.1 Å². The molecule has 0 atom stereocenters. The van der Waals surface area contributed by atoms with Crippen molar-refractivity contribution in [1.82, 2.24) is 5.32 Å². The van der Waals surface area contributed by atoms with Crippen LogP contribution in [0.5, 0.6) is 0 Å². The Hall–Kier alpha value is -1.71. The fraction of sp³-hybridized carbons (Fsp3) is 0.625. The van der Waals surface area contributed by atoms with Crippen molar-refractivity contribution in [2.75, 3.05) is 39.5 Å². The Morgan fingerprint density at radius 2 is 1.48 bits per heavy atom. The summed E-state index contributed by atoms with van der Waals surface area (Å²) >= 11 is 0. The molecular weight excluding hydrogens is 348 g/mol. The number of carbonyl (C=O) groups excluding carboxylic acids is 1. The molecule has 0 aromatic carbocycles. The number of nitrogens with one attached hydrogen (secondary N) is 1. The molecule has 1 amide bonds. The topological polar surface area (TPSA) is 121 Å². The molecule has 0 unspecified atom stereocenters. The van der Waals surface area contributed by atoms with Crippen molar-refractivity contribution in [3.8, 4) is 0 Å². The molecule has 25 heavy (non-hydrogen) atoms. The first-order valence-corrected chi connectivity index (χ1v) is 9.38. The summed E-state index contributed by atoms with van der Waals surface area (Å²) in [6.07, 6.45) is 1.22. The van der Waals surface area contributed by atoms with Crippen molar-refractivity contribution >= 4 is 22.0 Å². The lowest BCUT2D eigenvalue weighted by molar-refractivity contribution is -0.890. The summed E-state index contributed by atoms with van der Waals surface area (Å²) in [5.74, 6) is -1.28. The van der Waals surface area contributed by atoms with E-state index < -0.39 is 16.1 Å². The number of carbonyl (C=O) groups is 2. The molecule has 146 valence electrons. The van der Waals surface area contributed by atoms with Crippen LogP contribution in [0.4, 0.5) is 0 Å². The Morgan fingerprint density at radius 1 is 1.04 bits per heavy atom. The smallest absolute Gasteiger partial charge is 0.330 e. The predicted octanol–water partition coefficient (Wildman–Crippen LogP) is 1.07. The maximum atomic E-state index is 11.2. The highest BCUT2D eigenvalue weighted by Crippen LogP contribution is 2.02. The number of hydrogen-bond donors (Lipinski definition) is 3. The van der Waals surface area contributed by atoms with Crippen LogP contribution in [0.2, 0.25) is 0 Å². The van der Waals surface area contributed by atoms with Crippen molar-refractivity contribution in [1.29, 1.82) is 0 Å². The second kappa shape index (κ2) is 11.8. The number of carboxylic acids is 1. The van der Waals surface area contributed by atoms with Gasteiger partial charge in [0.2, 0.25) is 5.91 Å². The van der Waals surface area contributed by atoms with E-state index in [0.717, 1.165) is 13.0 Å². The molecule has 0 aliphatic heterocycles. The molecule has 0 aromatic rings. The third kappa shape index (κ3) is 18.5. The zero-order valence-corrected chi connectivity index (χ0v) is 16.4. The van der Waals surface area contributed by atoms with Crippen LogP contribution in [0.15, 0.2) is 24.3 Å². The molecule has 0 rings (SSSR count). The maximum Gasteiger partial charge on any atom is 0.330 e. The fourth-order valence-corrected chi connectivity index (χ4v) is 2.14. The van der Waals surface area contributed by atoms with E-state index in [-0.39, 0.29) is 17.2 Å². The molecule has 0 saturated heterocycles. The van der Waals surface area contributed by atoms with Crippen LogP contribution in [0, 0.1) is 0 Å². The van der Waals surface area contributed by atoms with Gasteiger partial charge in [-0.3, -0.25) is 9.35 Å². The van der Waals surface area contributed by atoms with E-state index in [1.807, 2.05) is 14.1 Å². The third-order valence-electron chi connectivity index (χ3n) is 3.14. The first-order chi connectivity index (χ1) is 11.2. The Kier molecular flexibility index (Phi) is 12.0. The molecule has 9 heteroatoms. The van der Waals surface area contributed by atoms with Gasteiger partial charge in [-0.25, -0.2) is 4.79 Å². The highest BCUT2D eigenvalue weighted by Gasteiger charge is 2.16. The van der Waals surface area contributed by atoms with E-state index in [1.165, 1.54) is 6.92 Å². The molecule has 0 radical (unpaired) electrons. The Bertz CT molecular complexity index is 569. The lowest BCUT2D eigenvalue weighted by atomic mass is 10.3. The van der Waals surface area contributed by atoms with Crippen molar-refractivity contribution in [2.24, 2.45) is 0 Å². The fourth-order valence-electron chi connectivity index (χ4n) is 1.65. The van der Waals surface area contributed by atoms with Crippen LogP contribution < -0.4 is 5.32 Å². The third-order valence-corrected chi connectivity index (χ3v) is 3.95. The molecule has 0 spiro atoms. The summed E-state index contributed by atoms with van der Waals surface area (Å²) in [4.78, 5) is 20.8. The summed E-state index contributed by atoms with van der Waals surface area (Å²) in [6, 6.07) is 0. The van der Waals surface area contributed by atoms with Crippen LogP contribution in [0.3, 0.4) is 0 Å². The zero-order valence-electron chi connectivity index (χ0n) is 15.5. The van der Waals surface area contributed by atoms with Crippen LogP contribution >= 0.6 is 0 Å². The monoisotopic (exact) mass is 379 g/mol. The van der Waals surface area contributed by atoms with Crippen molar-refractivity contribution in [3.05, 3.63) is 24.3 Å². The molecule has 3 N–H and O–H groups in total. The number of hydrogen-bond acceptors (Lipinski definition) is 4. The van der Waals surface area contributed by atoms with E-state index in [9.17, 15) is 18.0 Å². The molecule has 8 nitrogen and oxygen atoms in total. The van der Waals surface area contributed by atoms with E-state index in [4.69, 9.17) is 9.66 Å². The number of amides is 1. The molecule has 0 bridgehead atoms. The largest absolute Gasteiger partial charge is 0.478 e. The van der Waals surface area contributed by atoms with Gasteiger partial charge >= 0.3 is 5.97 Å². The van der Waals surface area contributed by atoms with Crippen LogP contribution in [0.25, 0.3) is 0 Å². The highest BCUT2D eigenvalue weighted by molar-refractivity contribution is 7.85. The Balaban J connectivity index is 0. The first kappa shape index (κ1) is 25.5.